The zero-order chi connectivity index (χ0) is 22.3. The van der Waals surface area contributed by atoms with E-state index >= 15 is 0 Å². The van der Waals surface area contributed by atoms with Crippen LogP contribution in [0, 0.1) is 27.7 Å². The fraction of sp³-hybridized carbons (Fsp3) is 0.200. The van der Waals surface area contributed by atoms with Gasteiger partial charge in [-0.05, 0) is 63.1 Å². The van der Waals surface area contributed by atoms with E-state index in [1.54, 1.807) is 0 Å². The summed E-state index contributed by atoms with van der Waals surface area (Å²) in [4.78, 5) is 25.7. The third-order valence-electron chi connectivity index (χ3n) is 5.53. The first-order valence-electron chi connectivity index (χ1n) is 9.92. The lowest BCUT2D eigenvalue weighted by molar-refractivity contribution is 0.0479. The van der Waals surface area contributed by atoms with Crippen molar-refractivity contribution < 1.29 is 14.3 Å². The van der Waals surface area contributed by atoms with Crippen LogP contribution in [0.2, 0.25) is 5.02 Å². The van der Waals surface area contributed by atoms with Crippen molar-refractivity contribution >= 4 is 44.8 Å². The maximum absolute atomic E-state index is 12.9. The molecule has 0 amide bonds. The van der Waals surface area contributed by atoms with Gasteiger partial charge in [0, 0.05) is 32.7 Å². The van der Waals surface area contributed by atoms with Crippen molar-refractivity contribution in [3.63, 3.8) is 0 Å². The van der Waals surface area contributed by atoms with Gasteiger partial charge in [0.1, 0.15) is 4.88 Å². The molecule has 0 aliphatic carbocycles. The van der Waals surface area contributed by atoms with E-state index in [9.17, 15) is 9.59 Å². The molecule has 4 aromatic rings. The summed E-state index contributed by atoms with van der Waals surface area (Å²) in [5, 5.41) is 1.18. The number of Topliss-reactive ketones (excluding diaryl/α,β-unsaturated/α-hetero) is 1. The molecule has 0 saturated heterocycles. The highest BCUT2D eigenvalue weighted by Crippen LogP contribution is 2.35. The Morgan fingerprint density at radius 1 is 1.00 bits per heavy atom. The van der Waals surface area contributed by atoms with Gasteiger partial charge in [-0.25, -0.2) is 4.79 Å². The second kappa shape index (κ2) is 8.33. The summed E-state index contributed by atoms with van der Waals surface area (Å²) in [6.45, 7) is 7.67. The Morgan fingerprint density at radius 3 is 2.45 bits per heavy atom. The molecular formula is C25H22ClNO3S. The van der Waals surface area contributed by atoms with E-state index in [1.807, 2.05) is 54.8 Å². The highest BCUT2D eigenvalue weighted by Gasteiger charge is 2.22. The Labute approximate surface area is 190 Å². The molecule has 0 fully saturated rings. The summed E-state index contributed by atoms with van der Waals surface area (Å²) in [7, 11) is 0. The van der Waals surface area contributed by atoms with Crippen molar-refractivity contribution in [2.24, 2.45) is 0 Å². The van der Waals surface area contributed by atoms with Gasteiger partial charge in [-0.15, -0.1) is 11.3 Å². The lowest BCUT2D eigenvalue weighted by Crippen LogP contribution is -2.14. The number of nitrogens with zero attached hydrogens (tertiary/aromatic N) is 1. The number of benzene rings is 2. The van der Waals surface area contributed by atoms with Crippen LogP contribution in [0.4, 0.5) is 0 Å². The predicted molar refractivity (Wildman–Crippen MR) is 126 cm³/mol. The normalized spacial score (nSPS) is 11.1. The molecule has 2 aromatic carbocycles. The van der Waals surface area contributed by atoms with Crippen LogP contribution in [0.5, 0.6) is 0 Å². The van der Waals surface area contributed by atoms with E-state index in [1.165, 1.54) is 22.5 Å². The Balaban J connectivity index is 1.54. The van der Waals surface area contributed by atoms with Crippen molar-refractivity contribution in [2.45, 2.75) is 27.7 Å². The van der Waals surface area contributed by atoms with Crippen molar-refractivity contribution in [2.75, 3.05) is 6.61 Å². The number of carbonyl (C=O) groups is 2. The standard InChI is InChI=1S/C25H22ClNO3S/c1-14-9-10-18(11-15(14)2)27-16(3)12-20(17(27)4)21(28)13-30-25(29)24-23(26)19-7-5-6-8-22(19)31-24/h5-12H,13H2,1-4H3. The minimum Gasteiger partial charge on any atom is -0.453 e. The van der Waals surface area contributed by atoms with Gasteiger partial charge in [-0.3, -0.25) is 4.79 Å². The molecule has 2 aromatic heterocycles. The van der Waals surface area contributed by atoms with Crippen molar-refractivity contribution in [1.82, 2.24) is 4.57 Å². The van der Waals surface area contributed by atoms with Crippen LogP contribution in [-0.4, -0.2) is 22.9 Å². The zero-order valence-corrected chi connectivity index (χ0v) is 19.4. The van der Waals surface area contributed by atoms with E-state index in [4.69, 9.17) is 16.3 Å². The lowest BCUT2D eigenvalue weighted by atomic mass is 10.1. The Bertz CT molecular complexity index is 1330. The molecule has 31 heavy (non-hydrogen) atoms. The fourth-order valence-corrected chi connectivity index (χ4v) is 5.13. The minimum atomic E-state index is -0.581. The molecule has 0 N–H and O–H groups in total. The van der Waals surface area contributed by atoms with E-state index in [0.29, 0.717) is 15.5 Å². The summed E-state index contributed by atoms with van der Waals surface area (Å²) in [5.74, 6) is -0.823. The molecule has 0 radical (unpaired) electrons. The summed E-state index contributed by atoms with van der Waals surface area (Å²) in [6, 6.07) is 15.6. The number of carbonyl (C=O) groups excluding carboxylic acids is 2. The number of hydrogen-bond donors (Lipinski definition) is 0. The van der Waals surface area contributed by atoms with Crippen LogP contribution in [0.15, 0.2) is 48.5 Å². The topological polar surface area (TPSA) is 48.3 Å². The number of esters is 1. The van der Waals surface area contributed by atoms with Crippen LogP contribution >= 0.6 is 22.9 Å². The number of rotatable bonds is 5. The Kier molecular flexibility index (Phi) is 5.73. The molecule has 158 valence electrons. The van der Waals surface area contributed by atoms with Gasteiger partial charge in [-0.2, -0.15) is 0 Å². The predicted octanol–water partition coefficient (Wildman–Crippen LogP) is 6.62. The van der Waals surface area contributed by atoms with Crippen LogP contribution < -0.4 is 0 Å². The third-order valence-corrected chi connectivity index (χ3v) is 7.19. The lowest BCUT2D eigenvalue weighted by Gasteiger charge is -2.12. The minimum absolute atomic E-state index is 0.242. The first-order chi connectivity index (χ1) is 14.8. The molecule has 0 bridgehead atoms. The summed E-state index contributed by atoms with van der Waals surface area (Å²) >= 11 is 7.61. The average molecular weight is 452 g/mol. The molecule has 0 saturated carbocycles. The fourth-order valence-electron chi connectivity index (χ4n) is 3.73. The molecule has 0 unspecified atom stereocenters. The number of fused-ring (bicyclic) bond motifs is 1. The Morgan fingerprint density at radius 2 is 1.74 bits per heavy atom. The number of thiophene rings is 1. The monoisotopic (exact) mass is 451 g/mol. The molecular weight excluding hydrogens is 430 g/mol. The number of halogens is 1. The zero-order valence-electron chi connectivity index (χ0n) is 17.8. The summed E-state index contributed by atoms with van der Waals surface area (Å²) in [5.41, 5.74) is 5.73. The molecule has 4 rings (SSSR count). The molecule has 0 aliphatic rings. The SMILES string of the molecule is Cc1ccc(-n2c(C)cc(C(=O)COC(=O)c3sc4ccccc4c3Cl)c2C)cc1C. The van der Waals surface area contributed by atoms with Gasteiger partial charge in [0.05, 0.1) is 5.02 Å². The molecule has 0 aliphatic heterocycles. The molecule has 4 nitrogen and oxygen atoms in total. The van der Waals surface area contributed by atoms with E-state index < -0.39 is 5.97 Å². The smallest absolute Gasteiger partial charge is 0.350 e. The van der Waals surface area contributed by atoms with Gasteiger partial charge in [0.2, 0.25) is 5.78 Å². The molecule has 0 atom stereocenters. The largest absolute Gasteiger partial charge is 0.453 e. The van der Waals surface area contributed by atoms with Gasteiger partial charge in [0.15, 0.2) is 6.61 Å². The van der Waals surface area contributed by atoms with Crippen LogP contribution in [0.3, 0.4) is 0 Å². The first kappa shape index (κ1) is 21.3. The van der Waals surface area contributed by atoms with Gasteiger partial charge in [0.25, 0.3) is 0 Å². The maximum atomic E-state index is 12.9. The summed E-state index contributed by atoms with van der Waals surface area (Å²) in [6.07, 6.45) is 0. The maximum Gasteiger partial charge on any atom is 0.350 e. The number of aryl methyl sites for hydroxylation is 3. The number of aromatic nitrogens is 1. The average Bonchev–Trinajstić information content (AvgIpc) is 3.24. The van der Waals surface area contributed by atoms with Crippen LogP contribution in [0.1, 0.15) is 42.5 Å². The molecule has 6 heteroatoms. The van der Waals surface area contributed by atoms with Gasteiger partial charge in [-0.1, -0.05) is 35.9 Å². The number of ether oxygens (including phenoxy) is 1. The van der Waals surface area contributed by atoms with E-state index in [2.05, 4.69) is 26.0 Å². The molecule has 0 spiro atoms. The number of hydrogen-bond acceptors (Lipinski definition) is 4. The van der Waals surface area contributed by atoms with Gasteiger partial charge < -0.3 is 9.30 Å². The second-order valence-electron chi connectivity index (χ2n) is 7.63. The van der Waals surface area contributed by atoms with Crippen molar-refractivity contribution in [3.8, 4) is 5.69 Å². The van der Waals surface area contributed by atoms with E-state index in [0.717, 1.165) is 27.2 Å². The van der Waals surface area contributed by atoms with Crippen molar-refractivity contribution in [1.29, 1.82) is 0 Å². The highest BCUT2D eigenvalue weighted by molar-refractivity contribution is 7.21. The second-order valence-corrected chi connectivity index (χ2v) is 9.06. The van der Waals surface area contributed by atoms with E-state index in [-0.39, 0.29) is 12.4 Å². The quantitative estimate of drug-likeness (QED) is 0.253. The van der Waals surface area contributed by atoms with Crippen LogP contribution in [-0.2, 0) is 4.74 Å². The molecule has 2 heterocycles. The first-order valence-corrected chi connectivity index (χ1v) is 11.1. The van der Waals surface area contributed by atoms with Crippen molar-refractivity contribution in [3.05, 3.63) is 86.5 Å². The number of ketones is 1. The Hall–Kier alpha value is -2.89. The van der Waals surface area contributed by atoms with Crippen LogP contribution in [0.25, 0.3) is 15.8 Å². The third kappa shape index (κ3) is 3.91. The highest BCUT2D eigenvalue weighted by atomic mass is 35.5. The summed E-state index contributed by atoms with van der Waals surface area (Å²) < 4.78 is 8.28. The van der Waals surface area contributed by atoms with Gasteiger partial charge >= 0.3 is 5.97 Å².